The Morgan fingerprint density at radius 1 is 1.23 bits per heavy atom. The van der Waals surface area contributed by atoms with Gasteiger partial charge in [-0.25, -0.2) is 0 Å². The average Bonchev–Trinajstić information content (AvgIpc) is 2.56. The van der Waals surface area contributed by atoms with Gasteiger partial charge in [0.2, 0.25) is 0 Å². The van der Waals surface area contributed by atoms with E-state index in [4.69, 9.17) is 4.74 Å². The Morgan fingerprint density at radius 3 is 2.55 bits per heavy atom. The van der Waals surface area contributed by atoms with Gasteiger partial charge in [-0.1, -0.05) is 64.8 Å². The number of hydrogen-bond acceptors (Lipinski definition) is 2. The van der Waals surface area contributed by atoms with Gasteiger partial charge < -0.3 is 10.1 Å². The minimum absolute atomic E-state index is 0.673. The molecular formula is C20H25NO. The molecule has 1 aromatic rings. The van der Waals surface area contributed by atoms with Gasteiger partial charge in [0, 0.05) is 11.3 Å². The van der Waals surface area contributed by atoms with Crippen molar-refractivity contribution < 1.29 is 4.74 Å². The first-order valence-corrected chi connectivity index (χ1v) is 7.62. The molecule has 0 atom stereocenters. The van der Waals surface area contributed by atoms with Crippen LogP contribution in [0.25, 0.3) is 5.57 Å². The first-order valence-electron chi connectivity index (χ1n) is 7.62. The van der Waals surface area contributed by atoms with Crippen LogP contribution in [0.15, 0.2) is 79.4 Å². The summed E-state index contributed by atoms with van der Waals surface area (Å²) in [7, 11) is 0. The summed E-state index contributed by atoms with van der Waals surface area (Å²) in [5, 5.41) is 3.07. The van der Waals surface area contributed by atoms with Crippen molar-refractivity contribution in [3.8, 4) is 5.75 Å². The lowest BCUT2D eigenvalue weighted by molar-refractivity contribution is 0.425. The van der Waals surface area contributed by atoms with Crippen molar-refractivity contribution >= 4 is 5.57 Å². The maximum absolute atomic E-state index is 5.90. The van der Waals surface area contributed by atoms with E-state index in [1.54, 1.807) is 6.08 Å². The van der Waals surface area contributed by atoms with Crippen LogP contribution >= 0.6 is 0 Å². The Balaban J connectivity index is 0.00000116. The Hall–Kier alpha value is -2.48. The van der Waals surface area contributed by atoms with Crippen molar-refractivity contribution in [2.45, 2.75) is 27.2 Å². The number of fused-ring (bicyclic) bond motifs is 1. The van der Waals surface area contributed by atoms with Gasteiger partial charge in [0.15, 0.2) is 5.76 Å². The van der Waals surface area contributed by atoms with Gasteiger partial charge in [-0.2, -0.15) is 0 Å². The molecule has 0 spiro atoms. The zero-order valence-electron chi connectivity index (χ0n) is 13.8. The number of allylic oxidation sites excluding steroid dienone is 4. The molecule has 1 aliphatic heterocycles. The second kappa shape index (κ2) is 8.73. The normalized spacial score (nSPS) is 13.8. The number of hydrogen-bond donors (Lipinski definition) is 1. The lowest BCUT2D eigenvalue weighted by Gasteiger charge is -2.22. The van der Waals surface area contributed by atoms with Crippen LogP contribution in [-0.2, 0) is 0 Å². The fourth-order valence-electron chi connectivity index (χ4n) is 2.00. The largest absolute Gasteiger partial charge is 0.455 e. The highest BCUT2D eigenvalue weighted by atomic mass is 16.5. The average molecular weight is 295 g/mol. The molecule has 1 heterocycles. The minimum Gasteiger partial charge on any atom is -0.455 e. The molecule has 1 N–H and O–H groups in total. The second-order valence-electron chi connectivity index (χ2n) is 4.51. The number of para-hydroxylation sites is 1. The summed E-state index contributed by atoms with van der Waals surface area (Å²) < 4.78 is 5.90. The first-order chi connectivity index (χ1) is 10.7. The number of rotatable bonds is 5. The Bertz CT molecular complexity index is 620. The summed E-state index contributed by atoms with van der Waals surface area (Å²) in [5.74, 6) is 1.54. The number of nitrogens with one attached hydrogen (secondary N) is 1. The fourth-order valence-corrected chi connectivity index (χ4v) is 2.00. The van der Waals surface area contributed by atoms with Crippen molar-refractivity contribution in [3.63, 3.8) is 0 Å². The number of ether oxygens (including phenoxy) is 1. The third-order valence-electron chi connectivity index (χ3n) is 2.98. The summed E-state index contributed by atoms with van der Waals surface area (Å²) in [6, 6.07) is 7.99. The third-order valence-corrected chi connectivity index (χ3v) is 2.98. The van der Waals surface area contributed by atoms with Crippen LogP contribution in [0.5, 0.6) is 5.75 Å². The molecule has 22 heavy (non-hydrogen) atoms. The summed E-state index contributed by atoms with van der Waals surface area (Å²) in [5.41, 5.74) is 3.62. The maximum atomic E-state index is 5.90. The maximum Gasteiger partial charge on any atom is 0.150 e. The van der Waals surface area contributed by atoms with E-state index in [2.05, 4.69) is 44.1 Å². The van der Waals surface area contributed by atoms with Gasteiger partial charge in [-0.05, 0) is 30.2 Å². The van der Waals surface area contributed by atoms with Gasteiger partial charge in [0.1, 0.15) is 5.75 Å². The van der Waals surface area contributed by atoms with E-state index >= 15 is 0 Å². The molecule has 0 fully saturated rings. The summed E-state index contributed by atoms with van der Waals surface area (Å²) >= 11 is 0. The topological polar surface area (TPSA) is 21.3 Å². The molecule has 1 aromatic carbocycles. The van der Waals surface area contributed by atoms with E-state index in [1.807, 2.05) is 38.1 Å². The van der Waals surface area contributed by atoms with Crippen LogP contribution in [0, 0.1) is 0 Å². The quantitative estimate of drug-likeness (QED) is 0.715. The third kappa shape index (κ3) is 4.26. The molecule has 0 unspecified atom stereocenters. The van der Waals surface area contributed by atoms with E-state index in [9.17, 15) is 0 Å². The van der Waals surface area contributed by atoms with Crippen molar-refractivity contribution in [2.24, 2.45) is 0 Å². The molecule has 2 heteroatoms. The fraction of sp³-hybridized carbons (Fsp3) is 0.200. The molecule has 0 aliphatic carbocycles. The standard InChI is InChI=1S/C18H19NO.C2H6/c1-5-9-15-12-18(14(4)19-13(3)6-2)20-17-11-8-7-10-16(15)17;1-2/h6-12,19H,2-5H2,1H3;1-2H3/b15-9-;. The van der Waals surface area contributed by atoms with Gasteiger partial charge in [-0.3, -0.25) is 0 Å². The van der Waals surface area contributed by atoms with Crippen molar-refractivity contribution in [3.05, 3.63) is 84.9 Å². The molecular weight excluding hydrogens is 270 g/mol. The zero-order valence-corrected chi connectivity index (χ0v) is 13.8. The van der Waals surface area contributed by atoms with Crippen LogP contribution in [0.4, 0.5) is 0 Å². The van der Waals surface area contributed by atoms with Crippen molar-refractivity contribution in [2.75, 3.05) is 0 Å². The summed E-state index contributed by atoms with van der Waals surface area (Å²) in [4.78, 5) is 0. The van der Waals surface area contributed by atoms with E-state index in [0.29, 0.717) is 17.2 Å². The van der Waals surface area contributed by atoms with Crippen LogP contribution in [0.3, 0.4) is 0 Å². The van der Waals surface area contributed by atoms with E-state index < -0.39 is 0 Å². The molecule has 116 valence electrons. The van der Waals surface area contributed by atoms with Crippen molar-refractivity contribution in [1.29, 1.82) is 0 Å². The summed E-state index contributed by atoms with van der Waals surface area (Å²) in [6.45, 7) is 17.6. The Morgan fingerprint density at radius 2 is 1.91 bits per heavy atom. The van der Waals surface area contributed by atoms with E-state index in [-0.39, 0.29) is 0 Å². The zero-order chi connectivity index (χ0) is 16.5. The molecule has 2 rings (SSSR count). The second-order valence-corrected chi connectivity index (χ2v) is 4.51. The highest BCUT2D eigenvalue weighted by molar-refractivity contribution is 5.80. The first kappa shape index (κ1) is 17.6. The molecule has 0 saturated carbocycles. The monoisotopic (exact) mass is 295 g/mol. The Kier molecular flexibility index (Phi) is 6.97. The molecule has 0 amide bonds. The molecule has 0 saturated heterocycles. The Labute approximate surface area is 134 Å². The minimum atomic E-state index is 0.673. The lowest BCUT2D eigenvalue weighted by atomic mass is 10.00. The smallest absolute Gasteiger partial charge is 0.150 e. The molecule has 1 aliphatic rings. The number of benzene rings is 1. The summed E-state index contributed by atoms with van der Waals surface area (Å²) in [6.07, 6.45) is 6.78. The predicted octanol–water partition coefficient (Wildman–Crippen LogP) is 5.59. The van der Waals surface area contributed by atoms with Gasteiger partial charge in [-0.15, -0.1) is 0 Å². The SMILES string of the molecule is C=CC(=C)NC(=C)C1=C/C(=C/CC)c2ccccc2O1.CC. The molecule has 0 radical (unpaired) electrons. The molecule has 0 bridgehead atoms. The molecule has 0 aromatic heterocycles. The van der Waals surface area contributed by atoms with Gasteiger partial charge in [0.25, 0.3) is 0 Å². The molecule has 2 nitrogen and oxygen atoms in total. The van der Waals surface area contributed by atoms with Gasteiger partial charge in [0.05, 0.1) is 5.70 Å². The highest BCUT2D eigenvalue weighted by Gasteiger charge is 2.17. The van der Waals surface area contributed by atoms with E-state index in [0.717, 1.165) is 23.3 Å². The van der Waals surface area contributed by atoms with Crippen LogP contribution in [0.1, 0.15) is 32.8 Å². The predicted molar refractivity (Wildman–Crippen MR) is 96.4 cm³/mol. The van der Waals surface area contributed by atoms with Crippen LogP contribution in [0.2, 0.25) is 0 Å². The van der Waals surface area contributed by atoms with Crippen LogP contribution < -0.4 is 10.1 Å². The lowest BCUT2D eigenvalue weighted by Crippen LogP contribution is -2.16. The van der Waals surface area contributed by atoms with E-state index in [1.165, 1.54) is 0 Å². The highest BCUT2D eigenvalue weighted by Crippen LogP contribution is 2.35. The van der Waals surface area contributed by atoms with Crippen molar-refractivity contribution in [1.82, 2.24) is 5.32 Å². The van der Waals surface area contributed by atoms with Gasteiger partial charge >= 0.3 is 0 Å². The van der Waals surface area contributed by atoms with Crippen LogP contribution in [-0.4, -0.2) is 0 Å².